The van der Waals surface area contributed by atoms with Gasteiger partial charge in [0.1, 0.15) is 12.6 Å². The molecule has 4 rings (SSSR count). The van der Waals surface area contributed by atoms with Crippen molar-refractivity contribution >= 4 is 27.5 Å². The van der Waals surface area contributed by atoms with E-state index >= 15 is 0 Å². The third-order valence-corrected chi connectivity index (χ3v) is 8.65. The van der Waals surface area contributed by atoms with Crippen molar-refractivity contribution in [1.29, 1.82) is 0 Å². The molecule has 1 N–H and O–H groups in total. The van der Waals surface area contributed by atoms with Gasteiger partial charge in [-0.25, -0.2) is 8.42 Å². The highest BCUT2D eigenvalue weighted by molar-refractivity contribution is 7.92. The molecular formula is C35H39N3O4S. The molecule has 0 spiro atoms. The molecule has 7 nitrogen and oxygen atoms in total. The van der Waals surface area contributed by atoms with Crippen LogP contribution in [0.5, 0.6) is 0 Å². The van der Waals surface area contributed by atoms with Crippen molar-refractivity contribution in [1.82, 2.24) is 10.2 Å². The van der Waals surface area contributed by atoms with Crippen molar-refractivity contribution in [3.8, 4) is 0 Å². The molecule has 0 bridgehead atoms. The lowest BCUT2D eigenvalue weighted by atomic mass is 10.0. The Balaban J connectivity index is 1.80. The summed E-state index contributed by atoms with van der Waals surface area (Å²) in [7, 11) is -4.11. The Labute approximate surface area is 255 Å². The molecule has 8 heteroatoms. The monoisotopic (exact) mass is 597 g/mol. The van der Waals surface area contributed by atoms with E-state index in [0.717, 1.165) is 21.0 Å². The van der Waals surface area contributed by atoms with E-state index < -0.39 is 34.1 Å². The molecule has 0 aliphatic rings. The number of carbonyl (C=O) groups excluding carboxylic acids is 2. The van der Waals surface area contributed by atoms with Crippen LogP contribution in [0, 0.1) is 6.92 Å². The fourth-order valence-corrected chi connectivity index (χ4v) is 6.29. The molecular weight excluding hydrogens is 558 g/mol. The van der Waals surface area contributed by atoms with Gasteiger partial charge in [-0.05, 0) is 63.1 Å². The summed E-state index contributed by atoms with van der Waals surface area (Å²) in [5.74, 6) is -0.801. The Morgan fingerprint density at radius 2 is 1.33 bits per heavy atom. The zero-order valence-corrected chi connectivity index (χ0v) is 25.9. The predicted octanol–water partition coefficient (Wildman–Crippen LogP) is 5.75. The lowest BCUT2D eigenvalue weighted by molar-refractivity contribution is -0.140. The first kappa shape index (κ1) is 31.5. The van der Waals surface area contributed by atoms with Crippen LogP contribution in [0.4, 0.5) is 5.69 Å². The van der Waals surface area contributed by atoms with Gasteiger partial charge >= 0.3 is 0 Å². The van der Waals surface area contributed by atoms with E-state index in [1.165, 1.54) is 17.0 Å². The highest BCUT2D eigenvalue weighted by Crippen LogP contribution is 2.25. The van der Waals surface area contributed by atoms with E-state index in [1.54, 1.807) is 48.5 Å². The molecule has 1 atom stereocenters. The molecule has 0 radical (unpaired) electrons. The van der Waals surface area contributed by atoms with E-state index in [0.29, 0.717) is 5.69 Å². The smallest absolute Gasteiger partial charge is 0.264 e. The fourth-order valence-electron chi connectivity index (χ4n) is 4.86. The number of aryl methyl sites for hydroxylation is 1. The van der Waals surface area contributed by atoms with E-state index in [9.17, 15) is 18.0 Å². The molecule has 43 heavy (non-hydrogen) atoms. The lowest BCUT2D eigenvalue weighted by Crippen LogP contribution is -2.56. The molecule has 4 aromatic rings. The van der Waals surface area contributed by atoms with Crippen LogP contribution < -0.4 is 9.62 Å². The van der Waals surface area contributed by atoms with E-state index in [2.05, 4.69) is 5.32 Å². The summed E-state index contributed by atoms with van der Waals surface area (Å²) in [5.41, 5.74) is 2.55. The predicted molar refractivity (Wildman–Crippen MR) is 171 cm³/mol. The van der Waals surface area contributed by atoms with Gasteiger partial charge in [0, 0.05) is 18.5 Å². The van der Waals surface area contributed by atoms with Crippen LogP contribution in [-0.2, 0) is 32.6 Å². The van der Waals surface area contributed by atoms with E-state index in [-0.39, 0.29) is 23.8 Å². The third kappa shape index (κ3) is 8.55. The Hall–Kier alpha value is -4.43. The first-order valence-corrected chi connectivity index (χ1v) is 15.7. The van der Waals surface area contributed by atoms with Crippen molar-refractivity contribution in [2.24, 2.45) is 0 Å². The number of rotatable bonds is 11. The van der Waals surface area contributed by atoms with Crippen molar-refractivity contribution in [3.63, 3.8) is 0 Å². The third-order valence-electron chi connectivity index (χ3n) is 6.86. The van der Waals surface area contributed by atoms with Gasteiger partial charge in [-0.1, -0.05) is 96.6 Å². The molecule has 0 aliphatic carbocycles. The molecule has 0 heterocycles. The minimum Gasteiger partial charge on any atom is -0.350 e. The first-order valence-electron chi connectivity index (χ1n) is 14.3. The van der Waals surface area contributed by atoms with E-state index in [4.69, 9.17) is 0 Å². The van der Waals surface area contributed by atoms with Crippen LogP contribution in [0.25, 0.3) is 0 Å². The summed E-state index contributed by atoms with van der Waals surface area (Å²) < 4.78 is 29.0. The number of sulfonamides is 1. The average molecular weight is 598 g/mol. The first-order chi connectivity index (χ1) is 20.4. The van der Waals surface area contributed by atoms with Crippen LogP contribution in [0.15, 0.2) is 120 Å². The number of carbonyl (C=O) groups is 2. The van der Waals surface area contributed by atoms with Gasteiger partial charge in [0.15, 0.2) is 0 Å². The van der Waals surface area contributed by atoms with Gasteiger partial charge in [-0.15, -0.1) is 0 Å². The number of amides is 2. The van der Waals surface area contributed by atoms with Crippen LogP contribution in [0.2, 0.25) is 0 Å². The lowest BCUT2D eigenvalue weighted by Gasteiger charge is -2.35. The van der Waals surface area contributed by atoms with Crippen LogP contribution in [0.3, 0.4) is 0 Å². The Morgan fingerprint density at radius 1 is 0.767 bits per heavy atom. The molecule has 4 aromatic carbocycles. The molecule has 0 aliphatic heterocycles. The number of hydrogen-bond donors (Lipinski definition) is 1. The second kappa shape index (κ2) is 13.7. The molecule has 224 valence electrons. The zero-order valence-electron chi connectivity index (χ0n) is 25.1. The van der Waals surface area contributed by atoms with Gasteiger partial charge in [0.05, 0.1) is 10.6 Å². The van der Waals surface area contributed by atoms with Crippen LogP contribution in [-0.4, -0.2) is 43.3 Å². The van der Waals surface area contributed by atoms with Crippen LogP contribution >= 0.6 is 0 Å². The van der Waals surface area contributed by atoms with Gasteiger partial charge in [-0.2, -0.15) is 0 Å². The summed E-state index contributed by atoms with van der Waals surface area (Å²) >= 11 is 0. The topological polar surface area (TPSA) is 86.8 Å². The Morgan fingerprint density at radius 3 is 1.91 bits per heavy atom. The normalized spacial score (nSPS) is 12.3. The number of anilines is 1. The van der Waals surface area contributed by atoms with Crippen LogP contribution in [0.1, 0.15) is 37.5 Å². The standard InChI is InChI=1S/C35H39N3O4S/c1-27-15-14-18-29(23-27)25-37(32(34(40)36-35(2,3)4)24-28-16-8-5-9-17-28)33(39)26-38(30-19-10-6-11-20-30)43(41,42)31-21-12-7-13-22-31/h5-23,32H,24-26H2,1-4H3,(H,36,40). The van der Waals surface area contributed by atoms with Crippen molar-refractivity contribution in [2.45, 2.75) is 57.1 Å². The Bertz CT molecular complexity index is 1620. The second-order valence-corrected chi connectivity index (χ2v) is 13.5. The maximum absolute atomic E-state index is 14.4. The average Bonchev–Trinajstić information content (AvgIpc) is 2.98. The number of nitrogens with one attached hydrogen (secondary N) is 1. The fraction of sp³-hybridized carbons (Fsp3) is 0.257. The van der Waals surface area contributed by atoms with Crippen molar-refractivity contribution in [2.75, 3.05) is 10.8 Å². The van der Waals surface area contributed by atoms with Crippen molar-refractivity contribution in [3.05, 3.63) is 132 Å². The summed E-state index contributed by atoms with van der Waals surface area (Å²) in [4.78, 5) is 29.9. The van der Waals surface area contributed by atoms with Crippen molar-refractivity contribution < 1.29 is 18.0 Å². The van der Waals surface area contributed by atoms with Gasteiger partial charge < -0.3 is 10.2 Å². The quantitative estimate of drug-likeness (QED) is 0.239. The van der Waals surface area contributed by atoms with E-state index in [1.807, 2.05) is 82.3 Å². The number of hydrogen-bond acceptors (Lipinski definition) is 4. The molecule has 0 saturated heterocycles. The van der Waals surface area contributed by atoms with Gasteiger partial charge in [0.25, 0.3) is 10.0 Å². The minimum absolute atomic E-state index is 0.0724. The molecule has 0 fully saturated rings. The maximum Gasteiger partial charge on any atom is 0.264 e. The minimum atomic E-state index is -4.11. The summed E-state index contributed by atoms with van der Waals surface area (Å²) in [6.07, 6.45) is 0.261. The second-order valence-electron chi connectivity index (χ2n) is 11.6. The number of benzene rings is 4. The maximum atomic E-state index is 14.4. The van der Waals surface area contributed by atoms with Gasteiger partial charge in [-0.3, -0.25) is 13.9 Å². The SMILES string of the molecule is Cc1cccc(CN(C(=O)CN(c2ccccc2)S(=O)(=O)c2ccccc2)C(Cc2ccccc2)C(=O)NC(C)(C)C)c1. The summed E-state index contributed by atoms with van der Waals surface area (Å²) in [5, 5.41) is 3.05. The summed E-state index contributed by atoms with van der Waals surface area (Å²) in [6, 6.07) is 33.0. The Kier molecular flexibility index (Phi) is 10.0. The molecule has 0 aromatic heterocycles. The zero-order chi connectivity index (χ0) is 31.0. The largest absolute Gasteiger partial charge is 0.350 e. The molecule has 1 unspecified atom stereocenters. The highest BCUT2D eigenvalue weighted by atomic mass is 32.2. The molecule has 2 amide bonds. The van der Waals surface area contributed by atoms with Gasteiger partial charge in [0.2, 0.25) is 11.8 Å². The number of para-hydroxylation sites is 1. The highest BCUT2D eigenvalue weighted by Gasteiger charge is 2.35. The number of nitrogens with zero attached hydrogens (tertiary/aromatic N) is 2. The molecule has 0 saturated carbocycles. The summed E-state index contributed by atoms with van der Waals surface area (Å²) in [6.45, 7) is 7.28.